The summed E-state index contributed by atoms with van der Waals surface area (Å²) in [5, 5.41) is 9.45. The van der Waals surface area contributed by atoms with Crippen LogP contribution in [0.4, 0.5) is 13.2 Å². The molecule has 0 aliphatic carbocycles. The molecule has 0 saturated heterocycles. The average molecular weight is 311 g/mol. The zero-order valence-corrected chi connectivity index (χ0v) is 10.6. The van der Waals surface area contributed by atoms with Crippen LogP contribution in [-0.4, -0.2) is 11.3 Å². The Morgan fingerprint density at radius 2 is 1.82 bits per heavy atom. The van der Waals surface area contributed by atoms with Crippen LogP contribution in [0.25, 0.3) is 0 Å². The summed E-state index contributed by atoms with van der Waals surface area (Å²) in [5.74, 6) is -0.470. The van der Waals surface area contributed by atoms with Crippen LogP contribution in [0.2, 0.25) is 10.0 Å². The number of alkyl halides is 3. The first-order valence-corrected chi connectivity index (χ1v) is 4.96. The molecule has 0 fully saturated rings. The number of phenols is 1. The van der Waals surface area contributed by atoms with Gasteiger partial charge in [-0.1, -0.05) is 23.2 Å². The molecule has 98 valence electrons. The van der Waals surface area contributed by atoms with Crippen molar-refractivity contribution >= 4 is 35.6 Å². The molecule has 0 radical (unpaired) electrons. The standard InChI is InChI=1S/C9H8Cl2F3NO.ClH/c10-4-1-5(8(16)6(11)2-4)7(15)3-9(12,13)14;/h1-2,7,16H,3,15H2;1H/t7-;/m1./s1. The lowest BCUT2D eigenvalue weighted by Crippen LogP contribution is -2.20. The SMILES string of the molecule is Cl.N[C@H](CC(F)(F)F)c1cc(Cl)cc(Cl)c1O. The van der Waals surface area contributed by atoms with E-state index in [1.165, 1.54) is 12.1 Å². The Labute approximate surface area is 112 Å². The molecule has 1 aromatic carbocycles. The fourth-order valence-corrected chi connectivity index (χ4v) is 1.74. The lowest BCUT2D eigenvalue weighted by Gasteiger charge is -2.16. The normalized spacial score (nSPS) is 13.1. The van der Waals surface area contributed by atoms with Crippen molar-refractivity contribution < 1.29 is 18.3 Å². The number of hydrogen-bond donors (Lipinski definition) is 2. The lowest BCUT2D eigenvalue weighted by molar-refractivity contribution is -0.138. The van der Waals surface area contributed by atoms with Crippen molar-refractivity contribution in [1.82, 2.24) is 0 Å². The van der Waals surface area contributed by atoms with Crippen molar-refractivity contribution in [2.75, 3.05) is 0 Å². The molecule has 0 unspecified atom stereocenters. The number of halogens is 6. The van der Waals surface area contributed by atoms with Gasteiger partial charge in [-0.05, 0) is 12.1 Å². The largest absolute Gasteiger partial charge is 0.506 e. The summed E-state index contributed by atoms with van der Waals surface area (Å²) < 4.78 is 36.3. The predicted molar refractivity (Wildman–Crippen MR) is 63.0 cm³/mol. The molecular weight excluding hydrogens is 301 g/mol. The molecule has 1 rings (SSSR count). The highest BCUT2D eigenvalue weighted by Gasteiger charge is 2.32. The van der Waals surface area contributed by atoms with Crippen LogP contribution >= 0.6 is 35.6 Å². The molecule has 0 saturated carbocycles. The van der Waals surface area contributed by atoms with Crippen molar-refractivity contribution in [3.05, 3.63) is 27.7 Å². The van der Waals surface area contributed by atoms with Gasteiger partial charge < -0.3 is 10.8 Å². The molecule has 0 spiro atoms. The average Bonchev–Trinajstić information content (AvgIpc) is 2.08. The predicted octanol–water partition coefficient (Wildman–Crippen LogP) is 4.07. The van der Waals surface area contributed by atoms with Gasteiger partial charge in [-0.25, -0.2) is 0 Å². The number of rotatable bonds is 2. The van der Waals surface area contributed by atoms with Crippen LogP contribution in [0.3, 0.4) is 0 Å². The molecular formula is C9H9Cl3F3NO. The third-order valence-corrected chi connectivity index (χ3v) is 2.41. The number of aromatic hydroxyl groups is 1. The molecule has 1 atom stereocenters. The van der Waals surface area contributed by atoms with E-state index in [0.717, 1.165) is 0 Å². The number of phenolic OH excluding ortho intramolecular Hbond substituents is 1. The molecule has 0 amide bonds. The van der Waals surface area contributed by atoms with Gasteiger partial charge in [-0.3, -0.25) is 0 Å². The maximum atomic E-state index is 12.1. The van der Waals surface area contributed by atoms with E-state index >= 15 is 0 Å². The minimum absolute atomic E-state index is 0. The highest BCUT2D eigenvalue weighted by atomic mass is 35.5. The summed E-state index contributed by atoms with van der Waals surface area (Å²) in [6.45, 7) is 0. The highest BCUT2D eigenvalue weighted by Crippen LogP contribution is 2.37. The molecule has 0 aliphatic rings. The zero-order valence-electron chi connectivity index (χ0n) is 8.26. The maximum absolute atomic E-state index is 12.1. The molecule has 0 aliphatic heterocycles. The van der Waals surface area contributed by atoms with E-state index in [2.05, 4.69) is 0 Å². The van der Waals surface area contributed by atoms with Crippen LogP contribution in [0.15, 0.2) is 12.1 Å². The van der Waals surface area contributed by atoms with E-state index in [-0.39, 0.29) is 28.0 Å². The first kappa shape index (κ1) is 16.6. The Morgan fingerprint density at radius 3 is 2.29 bits per heavy atom. The van der Waals surface area contributed by atoms with Crippen LogP contribution in [-0.2, 0) is 0 Å². The molecule has 0 aromatic heterocycles. The first-order chi connectivity index (χ1) is 7.20. The van der Waals surface area contributed by atoms with Gasteiger partial charge in [0.1, 0.15) is 5.75 Å². The van der Waals surface area contributed by atoms with Crippen molar-refractivity contribution in [3.63, 3.8) is 0 Å². The van der Waals surface area contributed by atoms with Crippen molar-refractivity contribution in [2.24, 2.45) is 5.73 Å². The number of hydrogen-bond acceptors (Lipinski definition) is 2. The third kappa shape index (κ3) is 4.79. The quantitative estimate of drug-likeness (QED) is 0.865. The fourth-order valence-electron chi connectivity index (χ4n) is 1.23. The van der Waals surface area contributed by atoms with Gasteiger partial charge in [0, 0.05) is 16.6 Å². The molecule has 8 heteroatoms. The third-order valence-electron chi connectivity index (χ3n) is 1.91. The second-order valence-electron chi connectivity index (χ2n) is 3.25. The molecule has 0 bridgehead atoms. The molecule has 2 nitrogen and oxygen atoms in total. The van der Waals surface area contributed by atoms with E-state index in [0.29, 0.717) is 0 Å². The van der Waals surface area contributed by atoms with Crippen molar-refractivity contribution in [3.8, 4) is 5.75 Å². The number of nitrogens with two attached hydrogens (primary N) is 1. The van der Waals surface area contributed by atoms with Gasteiger partial charge in [-0.15, -0.1) is 12.4 Å². The first-order valence-electron chi connectivity index (χ1n) is 4.21. The van der Waals surface area contributed by atoms with Crippen LogP contribution in [0, 0.1) is 0 Å². The van der Waals surface area contributed by atoms with E-state index in [4.69, 9.17) is 28.9 Å². The highest BCUT2D eigenvalue weighted by molar-refractivity contribution is 6.35. The fraction of sp³-hybridized carbons (Fsp3) is 0.333. The second kappa shape index (κ2) is 6.00. The van der Waals surface area contributed by atoms with Crippen molar-refractivity contribution in [2.45, 2.75) is 18.6 Å². The molecule has 3 N–H and O–H groups in total. The van der Waals surface area contributed by atoms with Crippen molar-refractivity contribution in [1.29, 1.82) is 0 Å². The van der Waals surface area contributed by atoms with Gasteiger partial charge in [-0.2, -0.15) is 13.2 Å². The Bertz CT molecular complexity index is 398. The van der Waals surface area contributed by atoms with E-state index in [1.54, 1.807) is 0 Å². The van der Waals surface area contributed by atoms with Gasteiger partial charge in [0.15, 0.2) is 0 Å². The van der Waals surface area contributed by atoms with E-state index in [9.17, 15) is 18.3 Å². The van der Waals surface area contributed by atoms with Gasteiger partial charge in [0.25, 0.3) is 0 Å². The monoisotopic (exact) mass is 309 g/mol. The van der Waals surface area contributed by atoms with Gasteiger partial charge >= 0.3 is 6.18 Å². The van der Waals surface area contributed by atoms with E-state index in [1.807, 2.05) is 0 Å². The van der Waals surface area contributed by atoms with Crippen LogP contribution in [0.1, 0.15) is 18.0 Å². The van der Waals surface area contributed by atoms with Crippen LogP contribution < -0.4 is 5.73 Å². The lowest BCUT2D eigenvalue weighted by atomic mass is 10.0. The number of benzene rings is 1. The Balaban J connectivity index is 0.00000256. The minimum Gasteiger partial charge on any atom is -0.506 e. The maximum Gasteiger partial charge on any atom is 0.390 e. The summed E-state index contributed by atoms with van der Waals surface area (Å²) in [5.41, 5.74) is 5.21. The minimum atomic E-state index is -4.42. The smallest absolute Gasteiger partial charge is 0.390 e. The summed E-state index contributed by atoms with van der Waals surface area (Å²) >= 11 is 11.2. The molecule has 1 aromatic rings. The molecule has 0 heterocycles. The molecule has 17 heavy (non-hydrogen) atoms. The Hall–Kier alpha value is -0.360. The van der Waals surface area contributed by atoms with E-state index < -0.39 is 24.4 Å². The Kier molecular flexibility index (Phi) is 5.87. The summed E-state index contributed by atoms with van der Waals surface area (Å²) in [4.78, 5) is 0. The summed E-state index contributed by atoms with van der Waals surface area (Å²) in [6, 6.07) is 0.998. The van der Waals surface area contributed by atoms with Gasteiger partial charge in [0.2, 0.25) is 0 Å². The second-order valence-corrected chi connectivity index (χ2v) is 4.09. The van der Waals surface area contributed by atoms with Gasteiger partial charge in [0.05, 0.1) is 11.4 Å². The topological polar surface area (TPSA) is 46.2 Å². The Morgan fingerprint density at radius 1 is 1.29 bits per heavy atom. The summed E-state index contributed by atoms with van der Waals surface area (Å²) in [6.07, 6.45) is -5.67. The zero-order chi connectivity index (χ0) is 12.5. The summed E-state index contributed by atoms with van der Waals surface area (Å²) in [7, 11) is 0. The van der Waals surface area contributed by atoms with Crippen LogP contribution in [0.5, 0.6) is 5.75 Å².